The summed E-state index contributed by atoms with van der Waals surface area (Å²) in [6, 6.07) is 3.55. The molecule has 2 fully saturated rings. The van der Waals surface area contributed by atoms with Crippen LogP contribution in [0.4, 0.5) is 9.59 Å². The van der Waals surface area contributed by atoms with Gasteiger partial charge in [-0.2, -0.15) is 0 Å². The van der Waals surface area contributed by atoms with Gasteiger partial charge < -0.3 is 18.9 Å². The molecule has 0 bridgehead atoms. The first kappa shape index (κ1) is 31.6. The third kappa shape index (κ3) is 8.76. The zero-order chi connectivity index (χ0) is 30.5. The Morgan fingerprint density at radius 3 is 1.61 bits per heavy atom. The third-order valence-corrected chi connectivity index (χ3v) is 6.29. The molecule has 0 N–H and O–H groups in total. The van der Waals surface area contributed by atoms with Crippen LogP contribution in [0.1, 0.15) is 87.9 Å². The van der Waals surface area contributed by atoms with Crippen LogP contribution in [-0.2, 0) is 28.5 Å². The number of hydrogen-bond donors (Lipinski definition) is 0. The Balaban J connectivity index is 1.52. The maximum atomic E-state index is 12.6. The van der Waals surface area contributed by atoms with E-state index in [0.717, 1.165) is 0 Å². The summed E-state index contributed by atoms with van der Waals surface area (Å²) in [4.78, 5) is 77.8. The normalized spacial score (nSPS) is 19.0. The lowest BCUT2D eigenvalue weighted by Crippen LogP contribution is -2.44. The van der Waals surface area contributed by atoms with Gasteiger partial charge in [-0.1, -0.05) is 12.1 Å². The molecule has 0 saturated carbocycles. The number of carbonyl (C=O) groups excluding carboxylic acids is 6. The first-order valence-electron chi connectivity index (χ1n) is 13.6. The lowest BCUT2D eigenvalue weighted by atomic mass is 10.1. The van der Waals surface area contributed by atoms with Crippen molar-refractivity contribution < 1.29 is 47.7 Å². The van der Waals surface area contributed by atoms with Gasteiger partial charge in [0.15, 0.2) is 12.4 Å². The molecule has 2 aliphatic rings. The van der Waals surface area contributed by atoms with Crippen LogP contribution >= 0.6 is 0 Å². The molecule has 0 aliphatic carbocycles. The lowest BCUT2D eigenvalue weighted by molar-refractivity contribution is -0.147. The Hall–Kier alpha value is -3.96. The molecule has 1 aromatic rings. The number of carbonyl (C=O) groups is 6. The summed E-state index contributed by atoms with van der Waals surface area (Å²) in [5, 5.41) is 0. The van der Waals surface area contributed by atoms with E-state index in [-0.39, 0.29) is 11.1 Å². The summed E-state index contributed by atoms with van der Waals surface area (Å²) >= 11 is 0. The van der Waals surface area contributed by atoms with Gasteiger partial charge >= 0.3 is 30.1 Å². The third-order valence-electron chi connectivity index (χ3n) is 6.29. The van der Waals surface area contributed by atoms with Crippen molar-refractivity contribution in [3.63, 3.8) is 0 Å². The fourth-order valence-corrected chi connectivity index (χ4v) is 4.43. The van der Waals surface area contributed by atoms with E-state index in [4.69, 9.17) is 18.9 Å². The van der Waals surface area contributed by atoms with Crippen molar-refractivity contribution in [3.05, 3.63) is 35.4 Å². The van der Waals surface area contributed by atoms with Crippen molar-refractivity contribution in [2.75, 3.05) is 19.7 Å². The number of rotatable bonds is 6. The number of amides is 2. The standard InChI is InChI=1S/C29H38N2O10/c1-28(2,3)40-26(36)30-15-7-9-20(30)24(34)38-17-22(32)18-11-13-19(14-12-18)23(33)39-25(35)21-10-8-16-31(21)27(37)41-29(4,5)6/h11-14,20-21H,7-10,15-17H2,1-6H3/t20-,21?/m0/s1. The predicted molar refractivity (Wildman–Crippen MR) is 144 cm³/mol. The minimum atomic E-state index is -0.935. The van der Waals surface area contributed by atoms with E-state index in [2.05, 4.69) is 0 Å². The summed E-state index contributed by atoms with van der Waals surface area (Å²) < 4.78 is 20.9. The molecule has 2 atom stereocenters. The van der Waals surface area contributed by atoms with Gasteiger partial charge in [-0.15, -0.1) is 0 Å². The van der Waals surface area contributed by atoms with Crippen LogP contribution in [0.2, 0.25) is 0 Å². The van der Waals surface area contributed by atoms with Crippen LogP contribution in [0.5, 0.6) is 0 Å². The van der Waals surface area contributed by atoms with E-state index >= 15 is 0 Å². The number of Topliss-reactive ketones (excluding diaryl/α,β-unsaturated/α-hetero) is 1. The van der Waals surface area contributed by atoms with Crippen LogP contribution in [-0.4, -0.2) is 88.7 Å². The van der Waals surface area contributed by atoms with Crippen LogP contribution in [0.3, 0.4) is 0 Å². The van der Waals surface area contributed by atoms with E-state index in [0.29, 0.717) is 38.8 Å². The summed E-state index contributed by atoms with van der Waals surface area (Å²) in [6.07, 6.45) is 0.640. The molecule has 1 aromatic carbocycles. The quantitative estimate of drug-likeness (QED) is 0.212. The van der Waals surface area contributed by atoms with Gasteiger partial charge in [-0.3, -0.25) is 14.6 Å². The highest BCUT2D eigenvalue weighted by Gasteiger charge is 2.39. The SMILES string of the molecule is CC(C)(C)OC(=O)N1CCCC1C(=O)OC(=O)c1ccc(C(=O)COC(=O)[C@@H]2CCCN2C(=O)OC(C)(C)C)cc1. The Morgan fingerprint density at radius 2 is 1.15 bits per heavy atom. The molecule has 2 saturated heterocycles. The molecule has 2 heterocycles. The monoisotopic (exact) mass is 574 g/mol. The van der Waals surface area contributed by atoms with Gasteiger partial charge in [-0.25, -0.2) is 24.0 Å². The number of nitrogens with zero attached hydrogens (tertiary/aromatic N) is 2. The molecule has 0 radical (unpaired) electrons. The Morgan fingerprint density at radius 1 is 0.707 bits per heavy atom. The lowest BCUT2D eigenvalue weighted by Gasteiger charge is -2.27. The fourth-order valence-electron chi connectivity index (χ4n) is 4.43. The number of hydrogen-bond acceptors (Lipinski definition) is 10. The van der Waals surface area contributed by atoms with Gasteiger partial charge in [0.1, 0.15) is 23.3 Å². The Kier molecular flexibility index (Phi) is 9.77. The molecular formula is C29H38N2O10. The molecule has 12 heteroatoms. The second-order valence-electron chi connectivity index (χ2n) is 12.0. The topological polar surface area (TPSA) is 146 Å². The van der Waals surface area contributed by atoms with Crippen molar-refractivity contribution in [1.29, 1.82) is 0 Å². The van der Waals surface area contributed by atoms with Gasteiger partial charge in [-0.05, 0) is 79.4 Å². The van der Waals surface area contributed by atoms with Gasteiger partial charge in [0, 0.05) is 18.7 Å². The van der Waals surface area contributed by atoms with Gasteiger partial charge in [0.25, 0.3) is 0 Å². The average molecular weight is 575 g/mol. The Bertz CT molecular complexity index is 1180. The summed E-state index contributed by atoms with van der Waals surface area (Å²) in [6.45, 7) is 10.4. The maximum absolute atomic E-state index is 12.6. The van der Waals surface area contributed by atoms with E-state index in [9.17, 15) is 28.8 Å². The first-order chi connectivity index (χ1) is 19.1. The fraction of sp³-hybridized carbons (Fsp3) is 0.586. The summed E-state index contributed by atoms with van der Waals surface area (Å²) in [7, 11) is 0. The van der Waals surface area contributed by atoms with Crippen molar-refractivity contribution in [2.45, 2.75) is 90.5 Å². The first-order valence-corrected chi connectivity index (χ1v) is 13.6. The molecular weight excluding hydrogens is 536 g/mol. The highest BCUT2D eigenvalue weighted by atomic mass is 16.6. The zero-order valence-corrected chi connectivity index (χ0v) is 24.4. The van der Waals surface area contributed by atoms with Crippen molar-refractivity contribution in [3.8, 4) is 0 Å². The largest absolute Gasteiger partial charge is 0.456 e. The van der Waals surface area contributed by atoms with E-state index in [1.165, 1.54) is 34.1 Å². The second kappa shape index (κ2) is 12.7. The van der Waals surface area contributed by atoms with Crippen molar-refractivity contribution in [2.24, 2.45) is 0 Å². The van der Waals surface area contributed by atoms with E-state index in [1.807, 2.05) is 0 Å². The number of esters is 3. The van der Waals surface area contributed by atoms with Crippen molar-refractivity contribution in [1.82, 2.24) is 9.80 Å². The zero-order valence-electron chi connectivity index (χ0n) is 24.4. The van der Waals surface area contributed by atoms with Crippen LogP contribution in [0.15, 0.2) is 24.3 Å². The minimum Gasteiger partial charge on any atom is -0.456 e. The van der Waals surface area contributed by atoms with E-state index in [1.54, 1.807) is 41.5 Å². The molecule has 12 nitrogen and oxygen atoms in total. The number of benzene rings is 1. The van der Waals surface area contributed by atoms with Gasteiger partial charge in [0.05, 0.1) is 5.56 Å². The second-order valence-corrected chi connectivity index (χ2v) is 12.0. The van der Waals surface area contributed by atoms with Crippen molar-refractivity contribution >= 4 is 35.9 Å². The van der Waals surface area contributed by atoms with E-state index < -0.39 is 65.8 Å². The maximum Gasteiger partial charge on any atom is 0.411 e. The molecule has 0 aromatic heterocycles. The highest BCUT2D eigenvalue weighted by Crippen LogP contribution is 2.23. The van der Waals surface area contributed by atoms with Crippen LogP contribution in [0.25, 0.3) is 0 Å². The number of likely N-dealkylation sites (tertiary alicyclic amines) is 2. The molecule has 0 spiro atoms. The molecule has 2 aliphatic heterocycles. The minimum absolute atomic E-state index is 0.0210. The number of ether oxygens (including phenoxy) is 4. The predicted octanol–water partition coefficient (Wildman–Crippen LogP) is 3.89. The number of ketones is 1. The van der Waals surface area contributed by atoms with Crippen LogP contribution < -0.4 is 0 Å². The molecule has 2 amide bonds. The summed E-state index contributed by atoms with van der Waals surface area (Å²) in [5.41, 5.74) is -1.26. The highest BCUT2D eigenvalue weighted by molar-refractivity contribution is 6.01. The summed E-state index contributed by atoms with van der Waals surface area (Å²) in [5.74, 6) is -3.01. The average Bonchev–Trinajstić information content (AvgIpc) is 3.55. The Labute approximate surface area is 239 Å². The van der Waals surface area contributed by atoms with Crippen LogP contribution in [0, 0.1) is 0 Å². The molecule has 3 rings (SSSR count). The molecule has 1 unspecified atom stereocenters. The molecule has 41 heavy (non-hydrogen) atoms. The smallest absolute Gasteiger partial charge is 0.411 e. The van der Waals surface area contributed by atoms with Gasteiger partial charge in [0.2, 0.25) is 0 Å². The molecule has 224 valence electrons.